The molecule has 0 bridgehead atoms. The highest BCUT2D eigenvalue weighted by atomic mass is 79.9. The standard InChI is InChI=1S/C12H13Br2NO/c1-11(8-12(11,13)14)10(16)15-7-9-5-3-2-4-6-9/h2-6H,7-8H2,1H3,(H,15,16)/t11-/m1/s1. The molecule has 1 aliphatic carbocycles. The Morgan fingerprint density at radius 3 is 2.44 bits per heavy atom. The van der Waals surface area contributed by atoms with Gasteiger partial charge < -0.3 is 5.32 Å². The molecule has 86 valence electrons. The first kappa shape index (κ1) is 12.1. The molecule has 1 saturated carbocycles. The Balaban J connectivity index is 1.91. The van der Waals surface area contributed by atoms with Crippen LogP contribution in [0.1, 0.15) is 18.9 Å². The first-order valence-electron chi connectivity index (χ1n) is 5.16. The van der Waals surface area contributed by atoms with Crippen molar-refractivity contribution in [1.29, 1.82) is 0 Å². The number of benzene rings is 1. The van der Waals surface area contributed by atoms with E-state index in [0.717, 1.165) is 12.0 Å². The van der Waals surface area contributed by atoms with Gasteiger partial charge in [0.25, 0.3) is 0 Å². The van der Waals surface area contributed by atoms with Crippen molar-refractivity contribution in [3.63, 3.8) is 0 Å². The smallest absolute Gasteiger partial charge is 0.228 e. The minimum atomic E-state index is -0.332. The normalized spacial score (nSPS) is 26.2. The van der Waals surface area contributed by atoms with Gasteiger partial charge in [-0.1, -0.05) is 62.2 Å². The lowest BCUT2D eigenvalue weighted by Gasteiger charge is -2.12. The molecule has 1 aliphatic rings. The maximum atomic E-state index is 11.9. The summed E-state index contributed by atoms with van der Waals surface area (Å²) < 4.78 is -0.215. The average Bonchev–Trinajstić information content (AvgIpc) is 2.78. The van der Waals surface area contributed by atoms with E-state index in [1.807, 2.05) is 37.3 Å². The minimum absolute atomic E-state index is 0.0881. The van der Waals surface area contributed by atoms with Crippen LogP contribution in [0, 0.1) is 5.41 Å². The molecule has 0 radical (unpaired) electrons. The van der Waals surface area contributed by atoms with Crippen LogP contribution in [-0.4, -0.2) is 9.14 Å². The number of halogens is 2. The van der Waals surface area contributed by atoms with E-state index >= 15 is 0 Å². The average molecular weight is 347 g/mol. The lowest BCUT2D eigenvalue weighted by molar-refractivity contribution is -0.125. The zero-order valence-electron chi connectivity index (χ0n) is 8.97. The molecule has 16 heavy (non-hydrogen) atoms. The molecule has 1 N–H and O–H groups in total. The number of carbonyl (C=O) groups is 1. The molecule has 1 fully saturated rings. The van der Waals surface area contributed by atoms with Crippen molar-refractivity contribution in [3.8, 4) is 0 Å². The third-order valence-corrected chi connectivity index (χ3v) is 5.37. The van der Waals surface area contributed by atoms with Crippen LogP contribution in [0.4, 0.5) is 0 Å². The Kier molecular flexibility index (Phi) is 3.14. The second-order valence-corrected chi connectivity index (χ2v) is 8.15. The molecule has 1 atom stereocenters. The molecule has 4 heteroatoms. The van der Waals surface area contributed by atoms with E-state index in [9.17, 15) is 4.79 Å². The summed E-state index contributed by atoms with van der Waals surface area (Å²) in [5.74, 6) is 0.0881. The van der Waals surface area contributed by atoms with Crippen LogP contribution in [-0.2, 0) is 11.3 Å². The SMILES string of the molecule is C[C@]1(C(=O)NCc2ccccc2)CC1(Br)Br. The summed E-state index contributed by atoms with van der Waals surface area (Å²) in [5.41, 5.74) is 0.789. The Hall–Kier alpha value is -0.350. The number of rotatable bonds is 3. The van der Waals surface area contributed by atoms with Gasteiger partial charge in [-0.3, -0.25) is 4.79 Å². The van der Waals surface area contributed by atoms with Crippen LogP contribution in [0.5, 0.6) is 0 Å². The molecule has 1 amide bonds. The van der Waals surface area contributed by atoms with Gasteiger partial charge in [-0.05, 0) is 18.9 Å². The van der Waals surface area contributed by atoms with Crippen LogP contribution in [0.3, 0.4) is 0 Å². The molecule has 1 aromatic rings. The number of carbonyl (C=O) groups excluding carboxylic acids is 1. The molecule has 0 aliphatic heterocycles. The Labute approximate surface area is 112 Å². The van der Waals surface area contributed by atoms with E-state index in [2.05, 4.69) is 37.2 Å². The number of hydrogen-bond acceptors (Lipinski definition) is 1. The highest BCUT2D eigenvalue weighted by molar-refractivity contribution is 9.25. The molecule has 0 saturated heterocycles. The molecular formula is C12H13Br2NO. The van der Waals surface area contributed by atoms with Crippen LogP contribution in [0.15, 0.2) is 30.3 Å². The van der Waals surface area contributed by atoms with Crippen molar-refractivity contribution in [1.82, 2.24) is 5.32 Å². The lowest BCUT2D eigenvalue weighted by Crippen LogP contribution is -2.32. The van der Waals surface area contributed by atoms with Gasteiger partial charge in [-0.25, -0.2) is 0 Å². The zero-order valence-corrected chi connectivity index (χ0v) is 12.1. The van der Waals surface area contributed by atoms with Gasteiger partial charge in [-0.15, -0.1) is 0 Å². The Bertz CT molecular complexity index is 405. The van der Waals surface area contributed by atoms with E-state index < -0.39 is 0 Å². The van der Waals surface area contributed by atoms with E-state index in [-0.39, 0.29) is 14.6 Å². The molecular weight excluding hydrogens is 334 g/mol. The van der Waals surface area contributed by atoms with Crippen molar-refractivity contribution in [2.45, 2.75) is 23.1 Å². The van der Waals surface area contributed by atoms with Gasteiger partial charge in [0, 0.05) is 6.54 Å². The molecule has 1 aromatic carbocycles. The monoisotopic (exact) mass is 345 g/mol. The Morgan fingerprint density at radius 2 is 1.94 bits per heavy atom. The van der Waals surface area contributed by atoms with E-state index in [4.69, 9.17) is 0 Å². The summed E-state index contributed by atoms with van der Waals surface area (Å²) in [6, 6.07) is 9.92. The van der Waals surface area contributed by atoms with Gasteiger partial charge in [0.1, 0.15) is 0 Å². The summed E-state index contributed by atoms with van der Waals surface area (Å²) in [5, 5.41) is 2.96. The van der Waals surface area contributed by atoms with E-state index in [1.165, 1.54) is 0 Å². The summed E-state index contributed by atoms with van der Waals surface area (Å²) in [6.07, 6.45) is 0.820. The predicted octanol–water partition coefficient (Wildman–Crippen LogP) is 3.20. The fraction of sp³-hybridized carbons (Fsp3) is 0.417. The molecule has 0 heterocycles. The van der Waals surface area contributed by atoms with Crippen LogP contribution < -0.4 is 5.32 Å². The summed E-state index contributed by atoms with van der Waals surface area (Å²) in [4.78, 5) is 11.9. The van der Waals surface area contributed by atoms with Gasteiger partial charge in [0.15, 0.2) is 0 Å². The van der Waals surface area contributed by atoms with Gasteiger partial charge in [0.2, 0.25) is 5.91 Å². The van der Waals surface area contributed by atoms with Crippen molar-refractivity contribution in [3.05, 3.63) is 35.9 Å². The number of nitrogens with one attached hydrogen (secondary N) is 1. The molecule has 0 aromatic heterocycles. The summed E-state index contributed by atoms with van der Waals surface area (Å²) >= 11 is 6.98. The van der Waals surface area contributed by atoms with Crippen LogP contribution >= 0.6 is 31.9 Å². The quantitative estimate of drug-likeness (QED) is 0.836. The van der Waals surface area contributed by atoms with E-state index in [1.54, 1.807) is 0 Å². The predicted molar refractivity (Wildman–Crippen MR) is 71.6 cm³/mol. The van der Waals surface area contributed by atoms with Gasteiger partial charge >= 0.3 is 0 Å². The maximum absolute atomic E-state index is 11.9. The first-order valence-corrected chi connectivity index (χ1v) is 6.74. The topological polar surface area (TPSA) is 29.1 Å². The van der Waals surface area contributed by atoms with Crippen molar-refractivity contribution in [2.75, 3.05) is 0 Å². The van der Waals surface area contributed by atoms with Crippen molar-refractivity contribution in [2.24, 2.45) is 5.41 Å². The fourth-order valence-electron chi connectivity index (χ4n) is 1.62. The van der Waals surface area contributed by atoms with Crippen LogP contribution in [0.25, 0.3) is 0 Å². The number of hydrogen-bond donors (Lipinski definition) is 1. The summed E-state index contributed by atoms with van der Waals surface area (Å²) in [6.45, 7) is 2.54. The third kappa shape index (κ3) is 2.18. The van der Waals surface area contributed by atoms with Gasteiger partial charge in [-0.2, -0.15) is 0 Å². The molecule has 0 unspecified atom stereocenters. The fourth-order valence-corrected chi connectivity index (χ4v) is 3.10. The lowest BCUT2D eigenvalue weighted by atomic mass is 10.1. The van der Waals surface area contributed by atoms with Crippen LogP contribution in [0.2, 0.25) is 0 Å². The van der Waals surface area contributed by atoms with Crippen molar-refractivity contribution < 1.29 is 4.79 Å². The molecule has 0 spiro atoms. The summed E-state index contributed by atoms with van der Waals surface area (Å²) in [7, 11) is 0. The third-order valence-electron chi connectivity index (χ3n) is 3.05. The van der Waals surface area contributed by atoms with Gasteiger partial charge in [0.05, 0.1) is 8.65 Å². The molecule has 2 nitrogen and oxygen atoms in total. The number of alkyl halides is 2. The highest BCUT2D eigenvalue weighted by Crippen LogP contribution is 2.66. The van der Waals surface area contributed by atoms with Crippen molar-refractivity contribution >= 4 is 37.8 Å². The Morgan fingerprint density at radius 1 is 1.38 bits per heavy atom. The minimum Gasteiger partial charge on any atom is -0.351 e. The van der Waals surface area contributed by atoms with E-state index in [0.29, 0.717) is 6.54 Å². The largest absolute Gasteiger partial charge is 0.351 e. The zero-order chi connectivity index (χ0) is 11.8. The second kappa shape index (κ2) is 4.15. The highest BCUT2D eigenvalue weighted by Gasteiger charge is 2.66. The molecule has 2 rings (SSSR count). The second-order valence-electron chi connectivity index (χ2n) is 4.38. The first-order chi connectivity index (χ1) is 7.46. The maximum Gasteiger partial charge on any atom is 0.228 e. The number of amides is 1.